The highest BCUT2D eigenvalue weighted by Gasteiger charge is 2.37. The van der Waals surface area contributed by atoms with Crippen LogP contribution in [-0.4, -0.2) is 45.8 Å². The minimum absolute atomic E-state index is 0.00209. The molecule has 0 fully saturated rings. The Kier molecular flexibility index (Phi) is 4.11. The molecule has 6 heteroatoms. The third-order valence-corrected chi connectivity index (χ3v) is 2.58. The summed E-state index contributed by atoms with van der Waals surface area (Å²) >= 11 is 0. The van der Waals surface area contributed by atoms with Crippen molar-refractivity contribution in [3.8, 4) is 0 Å². The van der Waals surface area contributed by atoms with Gasteiger partial charge in [0.25, 0.3) is 5.91 Å². The van der Waals surface area contributed by atoms with E-state index in [4.69, 9.17) is 9.94 Å². The average Bonchev–Trinajstić information content (AvgIpc) is 2.72. The fraction of sp³-hybridized carbons (Fsp3) is 0.583. The number of carboxylic acids is 1. The van der Waals surface area contributed by atoms with Gasteiger partial charge < -0.3 is 14.8 Å². The summed E-state index contributed by atoms with van der Waals surface area (Å²) in [6.07, 6.45) is 0.768. The normalized spacial score (nSPS) is 18.8. The Morgan fingerprint density at radius 3 is 2.61 bits per heavy atom. The lowest BCUT2D eigenvalue weighted by molar-refractivity contribution is -0.146. The van der Waals surface area contributed by atoms with Crippen molar-refractivity contribution in [2.45, 2.75) is 38.8 Å². The first-order chi connectivity index (χ1) is 8.27. The van der Waals surface area contributed by atoms with Crippen LogP contribution in [0.2, 0.25) is 0 Å². The van der Waals surface area contributed by atoms with Gasteiger partial charge in [0, 0.05) is 18.5 Å². The molecule has 18 heavy (non-hydrogen) atoms. The largest absolute Gasteiger partial charge is 0.477 e. The van der Waals surface area contributed by atoms with Crippen LogP contribution in [0.15, 0.2) is 17.8 Å². The van der Waals surface area contributed by atoms with Gasteiger partial charge in [-0.15, -0.1) is 6.58 Å². The summed E-state index contributed by atoms with van der Waals surface area (Å²) in [6.45, 7) is 9.66. The molecule has 1 N–H and O–H groups in total. The zero-order valence-electron chi connectivity index (χ0n) is 10.8. The number of carboxylic acid groups (broad SMARTS) is 1. The highest BCUT2D eigenvalue weighted by Crippen LogP contribution is 2.20. The van der Waals surface area contributed by atoms with E-state index in [1.165, 1.54) is 0 Å². The molecule has 1 heterocycles. The number of rotatable bonds is 4. The number of nitrogens with zero attached hydrogens (tertiary/aromatic N) is 2. The Hall–Kier alpha value is -1.85. The van der Waals surface area contributed by atoms with Crippen molar-refractivity contribution in [2.24, 2.45) is 5.16 Å². The van der Waals surface area contributed by atoms with Gasteiger partial charge in [0.1, 0.15) is 0 Å². The van der Waals surface area contributed by atoms with E-state index in [1.54, 1.807) is 11.0 Å². The van der Waals surface area contributed by atoms with E-state index in [1.807, 2.05) is 20.8 Å². The highest BCUT2D eigenvalue weighted by atomic mass is 16.6. The summed E-state index contributed by atoms with van der Waals surface area (Å²) < 4.78 is 0. The number of hydrogen-bond acceptors (Lipinski definition) is 4. The first-order valence-electron chi connectivity index (χ1n) is 5.65. The molecule has 0 aromatic carbocycles. The molecule has 1 aliphatic rings. The number of amides is 1. The summed E-state index contributed by atoms with van der Waals surface area (Å²) in [7, 11) is 0. The van der Waals surface area contributed by atoms with Gasteiger partial charge in [0.05, 0.1) is 0 Å². The molecule has 0 bridgehead atoms. The molecule has 1 rings (SSSR count). The van der Waals surface area contributed by atoms with Crippen LogP contribution in [0.25, 0.3) is 0 Å². The highest BCUT2D eigenvalue weighted by molar-refractivity contribution is 6.36. The third-order valence-electron chi connectivity index (χ3n) is 2.58. The molecule has 0 aliphatic carbocycles. The SMILES string of the molecule is C=CCN(C(=O)C1CC(C(=O)O)=NO1)C(C)(C)C. The standard InChI is InChI=1S/C12H18N2O4/c1-5-6-14(12(2,3)4)10(15)9-7-8(11(16)17)13-18-9/h5,9H,1,6-7H2,2-4H3,(H,16,17). The Bertz CT molecular complexity index is 395. The molecule has 0 spiro atoms. The number of aliphatic carboxylic acids is 1. The van der Waals surface area contributed by atoms with Gasteiger partial charge >= 0.3 is 5.97 Å². The number of oxime groups is 1. The van der Waals surface area contributed by atoms with Crippen LogP contribution in [0.4, 0.5) is 0 Å². The van der Waals surface area contributed by atoms with E-state index in [0.717, 1.165) is 0 Å². The molecule has 1 amide bonds. The van der Waals surface area contributed by atoms with E-state index in [-0.39, 0.29) is 23.6 Å². The van der Waals surface area contributed by atoms with Crippen LogP contribution in [0.5, 0.6) is 0 Å². The van der Waals surface area contributed by atoms with Crippen LogP contribution in [0.3, 0.4) is 0 Å². The van der Waals surface area contributed by atoms with E-state index < -0.39 is 12.1 Å². The monoisotopic (exact) mass is 254 g/mol. The van der Waals surface area contributed by atoms with Gasteiger partial charge in [0.2, 0.25) is 6.10 Å². The Morgan fingerprint density at radius 2 is 2.22 bits per heavy atom. The number of carbonyl (C=O) groups is 2. The van der Waals surface area contributed by atoms with Crippen LogP contribution in [0, 0.1) is 0 Å². The second-order valence-electron chi connectivity index (χ2n) is 5.05. The van der Waals surface area contributed by atoms with Gasteiger partial charge in [-0.3, -0.25) is 4.79 Å². The van der Waals surface area contributed by atoms with Crippen molar-refractivity contribution >= 4 is 17.6 Å². The maximum Gasteiger partial charge on any atom is 0.353 e. The predicted octanol–water partition coefficient (Wildman–Crippen LogP) is 1.03. The van der Waals surface area contributed by atoms with Crippen molar-refractivity contribution in [3.05, 3.63) is 12.7 Å². The van der Waals surface area contributed by atoms with Gasteiger partial charge in [0.15, 0.2) is 5.71 Å². The summed E-state index contributed by atoms with van der Waals surface area (Å²) in [5, 5.41) is 12.2. The number of carbonyl (C=O) groups excluding carboxylic acids is 1. The Balaban J connectivity index is 2.76. The first-order valence-corrected chi connectivity index (χ1v) is 5.65. The Labute approximate surface area is 106 Å². The maximum atomic E-state index is 12.2. The zero-order valence-corrected chi connectivity index (χ0v) is 10.8. The van der Waals surface area contributed by atoms with E-state index in [0.29, 0.717) is 6.54 Å². The average molecular weight is 254 g/mol. The third kappa shape index (κ3) is 3.09. The topological polar surface area (TPSA) is 79.2 Å². The smallest absolute Gasteiger partial charge is 0.353 e. The lowest BCUT2D eigenvalue weighted by atomic mass is 10.0. The maximum absolute atomic E-state index is 12.2. The van der Waals surface area contributed by atoms with Crippen LogP contribution < -0.4 is 0 Å². The molecule has 1 aliphatic heterocycles. The van der Waals surface area contributed by atoms with Crippen molar-refractivity contribution in [1.82, 2.24) is 4.90 Å². The van der Waals surface area contributed by atoms with Gasteiger partial charge in [-0.2, -0.15) is 0 Å². The van der Waals surface area contributed by atoms with Crippen molar-refractivity contribution in [2.75, 3.05) is 6.54 Å². The molecule has 100 valence electrons. The molecular formula is C12H18N2O4. The molecule has 0 saturated heterocycles. The fourth-order valence-electron chi connectivity index (χ4n) is 1.63. The van der Waals surface area contributed by atoms with Crippen LogP contribution in [-0.2, 0) is 14.4 Å². The number of hydrogen-bond donors (Lipinski definition) is 1. The minimum atomic E-state index is -1.16. The van der Waals surface area contributed by atoms with Gasteiger partial charge in [-0.05, 0) is 20.8 Å². The van der Waals surface area contributed by atoms with Crippen LogP contribution >= 0.6 is 0 Å². The van der Waals surface area contributed by atoms with E-state index >= 15 is 0 Å². The lowest BCUT2D eigenvalue weighted by Crippen LogP contribution is -2.50. The second kappa shape index (κ2) is 5.20. The molecule has 0 saturated carbocycles. The molecule has 0 aromatic heterocycles. The molecule has 0 radical (unpaired) electrons. The zero-order chi connectivity index (χ0) is 13.9. The molecule has 6 nitrogen and oxygen atoms in total. The molecule has 0 aromatic rings. The summed E-state index contributed by atoms with van der Waals surface area (Å²) in [4.78, 5) is 29.4. The van der Waals surface area contributed by atoms with Crippen molar-refractivity contribution in [3.63, 3.8) is 0 Å². The fourth-order valence-corrected chi connectivity index (χ4v) is 1.63. The minimum Gasteiger partial charge on any atom is -0.477 e. The van der Waals surface area contributed by atoms with Crippen molar-refractivity contribution in [1.29, 1.82) is 0 Å². The first kappa shape index (κ1) is 14.2. The summed E-state index contributed by atoms with van der Waals surface area (Å²) in [6, 6.07) is 0. The lowest BCUT2D eigenvalue weighted by Gasteiger charge is -2.35. The predicted molar refractivity (Wildman–Crippen MR) is 66.2 cm³/mol. The van der Waals surface area contributed by atoms with Crippen molar-refractivity contribution < 1.29 is 19.5 Å². The van der Waals surface area contributed by atoms with E-state index in [2.05, 4.69) is 11.7 Å². The second-order valence-corrected chi connectivity index (χ2v) is 5.05. The molecular weight excluding hydrogens is 236 g/mol. The van der Waals surface area contributed by atoms with Gasteiger partial charge in [-0.1, -0.05) is 11.2 Å². The van der Waals surface area contributed by atoms with Crippen LogP contribution in [0.1, 0.15) is 27.2 Å². The molecule has 1 unspecified atom stereocenters. The Morgan fingerprint density at radius 1 is 1.61 bits per heavy atom. The van der Waals surface area contributed by atoms with Gasteiger partial charge in [-0.25, -0.2) is 4.79 Å². The quantitative estimate of drug-likeness (QED) is 0.760. The molecule has 1 atom stereocenters. The van der Waals surface area contributed by atoms with E-state index in [9.17, 15) is 9.59 Å². The summed E-state index contributed by atoms with van der Waals surface area (Å²) in [5.41, 5.74) is -0.513. The summed E-state index contributed by atoms with van der Waals surface area (Å²) in [5.74, 6) is -1.43.